The first-order valence-electron chi connectivity index (χ1n) is 11.1. The van der Waals surface area contributed by atoms with E-state index in [-0.39, 0.29) is 16.9 Å². The number of fused-ring (bicyclic) bond motifs is 1. The predicted octanol–water partition coefficient (Wildman–Crippen LogP) is 5.70. The molecule has 0 saturated carbocycles. The van der Waals surface area contributed by atoms with E-state index in [4.69, 9.17) is 9.47 Å². The van der Waals surface area contributed by atoms with Crippen LogP contribution in [0.3, 0.4) is 0 Å². The summed E-state index contributed by atoms with van der Waals surface area (Å²) in [5.74, 6) is -0.0830. The van der Waals surface area contributed by atoms with E-state index in [9.17, 15) is 4.79 Å². The van der Waals surface area contributed by atoms with Gasteiger partial charge in [-0.25, -0.2) is 9.18 Å². The fourth-order valence-electron chi connectivity index (χ4n) is 4.22. The normalized spacial score (nSPS) is 13.5. The van der Waals surface area contributed by atoms with Gasteiger partial charge in [-0.3, -0.25) is 4.90 Å². The zero-order valence-electron chi connectivity index (χ0n) is 18.6. The average molecular weight is 434 g/mol. The molecule has 1 aliphatic rings. The van der Waals surface area contributed by atoms with Gasteiger partial charge in [-0.05, 0) is 44.0 Å². The topological polar surface area (TPSA) is 38.8 Å². The Kier molecular flexibility index (Phi) is 6.86. The van der Waals surface area contributed by atoms with Gasteiger partial charge in [0.1, 0.15) is 29.5 Å². The largest absolute Gasteiger partial charge is 0.488 e. The van der Waals surface area contributed by atoms with Gasteiger partial charge < -0.3 is 9.47 Å². The van der Waals surface area contributed by atoms with Crippen LogP contribution < -0.4 is 9.47 Å². The second-order valence-corrected chi connectivity index (χ2v) is 8.10. The molecular formula is C27H28FNO3. The lowest BCUT2D eigenvalue weighted by atomic mass is 9.91. The first kappa shape index (κ1) is 22.0. The number of halogens is 1. The van der Waals surface area contributed by atoms with Gasteiger partial charge in [-0.1, -0.05) is 55.5 Å². The van der Waals surface area contributed by atoms with Gasteiger partial charge in [-0.15, -0.1) is 0 Å². The highest BCUT2D eigenvalue weighted by Gasteiger charge is 2.31. The summed E-state index contributed by atoms with van der Waals surface area (Å²) in [7, 11) is 0. The van der Waals surface area contributed by atoms with Crippen LogP contribution in [0.4, 0.5) is 4.39 Å². The Morgan fingerprint density at radius 2 is 1.72 bits per heavy atom. The Balaban J connectivity index is 1.75. The molecule has 0 radical (unpaired) electrons. The third kappa shape index (κ3) is 4.68. The Bertz CT molecular complexity index is 1080. The third-order valence-electron chi connectivity index (χ3n) is 5.82. The summed E-state index contributed by atoms with van der Waals surface area (Å²) in [4.78, 5) is 15.4. The summed E-state index contributed by atoms with van der Waals surface area (Å²) in [5, 5.41) is 0. The number of carbonyl (C=O) groups is 1. The molecule has 5 heteroatoms. The maximum absolute atomic E-state index is 15.5. The number of ether oxygens (including phenoxy) is 2. The minimum atomic E-state index is -0.602. The molecule has 0 atom stereocenters. The zero-order chi connectivity index (χ0) is 22.5. The lowest BCUT2D eigenvalue weighted by Crippen LogP contribution is -2.33. The van der Waals surface area contributed by atoms with Crippen molar-refractivity contribution in [2.24, 2.45) is 0 Å². The Hall–Kier alpha value is -3.18. The van der Waals surface area contributed by atoms with E-state index in [1.807, 2.05) is 36.4 Å². The second-order valence-electron chi connectivity index (χ2n) is 8.10. The van der Waals surface area contributed by atoms with E-state index in [1.165, 1.54) is 0 Å². The van der Waals surface area contributed by atoms with Crippen molar-refractivity contribution in [2.45, 2.75) is 39.8 Å². The molecule has 4 rings (SSSR count). The summed E-state index contributed by atoms with van der Waals surface area (Å²) in [6.07, 6.45) is 1.64. The van der Waals surface area contributed by atoms with E-state index in [2.05, 4.69) is 11.8 Å². The van der Waals surface area contributed by atoms with Crippen LogP contribution in [-0.4, -0.2) is 24.0 Å². The molecule has 0 bridgehead atoms. The molecule has 32 heavy (non-hydrogen) atoms. The van der Waals surface area contributed by atoms with Gasteiger partial charge in [-0.2, -0.15) is 0 Å². The number of hydrogen-bond acceptors (Lipinski definition) is 4. The number of hydrogen-bond donors (Lipinski definition) is 0. The summed E-state index contributed by atoms with van der Waals surface area (Å²) in [5.41, 5.74) is 2.82. The van der Waals surface area contributed by atoms with E-state index in [1.54, 1.807) is 31.2 Å². The third-order valence-corrected chi connectivity index (χ3v) is 5.82. The van der Waals surface area contributed by atoms with Gasteiger partial charge in [0.05, 0.1) is 0 Å². The standard InChI is InChI=1S/C27H28FNO3/c1-3-15-29-16-14-22-23(17-29)25(28)19(2)24(27(30)32-21-12-8-5-9-13-21)26(22)31-18-20-10-6-4-7-11-20/h4-13H,3,14-18H2,1-2H3. The molecule has 0 unspecified atom stereocenters. The smallest absolute Gasteiger partial charge is 0.347 e. The number of rotatable bonds is 7. The van der Waals surface area contributed by atoms with Crippen LogP contribution in [0.1, 0.15) is 46.0 Å². The SMILES string of the molecule is CCCN1CCc2c(c(F)c(C)c(C(=O)Oc3ccccc3)c2OCc2ccccc2)C1. The molecule has 1 aliphatic heterocycles. The van der Waals surface area contributed by atoms with Crippen LogP contribution in [0.25, 0.3) is 0 Å². The number of para-hydroxylation sites is 1. The summed E-state index contributed by atoms with van der Waals surface area (Å²) in [6.45, 7) is 6.28. The molecule has 0 fully saturated rings. The van der Waals surface area contributed by atoms with Crippen molar-refractivity contribution in [2.75, 3.05) is 13.1 Å². The van der Waals surface area contributed by atoms with E-state index in [0.29, 0.717) is 36.6 Å². The maximum Gasteiger partial charge on any atom is 0.347 e. The molecule has 3 aromatic rings. The number of esters is 1. The van der Waals surface area contributed by atoms with Gasteiger partial charge in [0.15, 0.2) is 0 Å². The van der Waals surface area contributed by atoms with Crippen molar-refractivity contribution in [1.82, 2.24) is 4.90 Å². The molecular weight excluding hydrogens is 405 g/mol. The molecule has 4 nitrogen and oxygen atoms in total. The number of benzene rings is 3. The summed E-state index contributed by atoms with van der Waals surface area (Å²) >= 11 is 0. The van der Waals surface area contributed by atoms with Gasteiger partial charge in [0, 0.05) is 29.8 Å². The zero-order valence-corrected chi connectivity index (χ0v) is 18.6. The summed E-state index contributed by atoms with van der Waals surface area (Å²) in [6, 6.07) is 18.6. The van der Waals surface area contributed by atoms with Crippen molar-refractivity contribution in [1.29, 1.82) is 0 Å². The van der Waals surface area contributed by atoms with E-state index in [0.717, 1.165) is 30.6 Å². The quantitative estimate of drug-likeness (QED) is 0.354. The second kappa shape index (κ2) is 9.96. The van der Waals surface area contributed by atoms with Crippen molar-refractivity contribution < 1.29 is 18.7 Å². The molecule has 3 aromatic carbocycles. The van der Waals surface area contributed by atoms with Crippen molar-refractivity contribution in [3.05, 3.63) is 94.3 Å². The first-order valence-corrected chi connectivity index (χ1v) is 11.1. The lowest BCUT2D eigenvalue weighted by molar-refractivity contribution is 0.0727. The van der Waals surface area contributed by atoms with Crippen molar-refractivity contribution in [3.63, 3.8) is 0 Å². The van der Waals surface area contributed by atoms with E-state index < -0.39 is 5.97 Å². The maximum atomic E-state index is 15.5. The van der Waals surface area contributed by atoms with Gasteiger partial charge in [0.2, 0.25) is 0 Å². The number of nitrogens with zero attached hydrogens (tertiary/aromatic N) is 1. The fourth-order valence-corrected chi connectivity index (χ4v) is 4.22. The molecule has 0 saturated heterocycles. The monoisotopic (exact) mass is 433 g/mol. The Morgan fingerprint density at radius 1 is 1.03 bits per heavy atom. The predicted molar refractivity (Wildman–Crippen MR) is 123 cm³/mol. The van der Waals surface area contributed by atoms with Crippen LogP contribution in [0.5, 0.6) is 11.5 Å². The molecule has 0 amide bonds. The van der Waals surface area contributed by atoms with Gasteiger partial charge in [0.25, 0.3) is 0 Å². The van der Waals surface area contributed by atoms with Crippen LogP contribution in [-0.2, 0) is 19.6 Å². The summed E-state index contributed by atoms with van der Waals surface area (Å²) < 4.78 is 27.3. The van der Waals surface area contributed by atoms with Crippen molar-refractivity contribution in [3.8, 4) is 11.5 Å². The number of carbonyl (C=O) groups excluding carboxylic acids is 1. The Morgan fingerprint density at radius 3 is 2.41 bits per heavy atom. The lowest BCUT2D eigenvalue weighted by Gasteiger charge is -2.31. The minimum absolute atomic E-state index is 0.171. The first-order chi connectivity index (χ1) is 15.6. The molecule has 0 spiro atoms. The average Bonchev–Trinajstić information content (AvgIpc) is 2.82. The fraction of sp³-hybridized carbons (Fsp3) is 0.296. The highest BCUT2D eigenvalue weighted by Crippen LogP contribution is 2.38. The van der Waals surface area contributed by atoms with Crippen LogP contribution >= 0.6 is 0 Å². The Labute approximate surface area is 188 Å². The van der Waals surface area contributed by atoms with Crippen LogP contribution in [0.15, 0.2) is 60.7 Å². The highest BCUT2D eigenvalue weighted by atomic mass is 19.1. The molecule has 1 heterocycles. The molecule has 166 valence electrons. The molecule has 0 N–H and O–H groups in total. The minimum Gasteiger partial charge on any atom is -0.488 e. The van der Waals surface area contributed by atoms with E-state index >= 15 is 4.39 Å². The highest BCUT2D eigenvalue weighted by molar-refractivity contribution is 5.96. The molecule has 0 aliphatic carbocycles. The van der Waals surface area contributed by atoms with Crippen molar-refractivity contribution >= 4 is 5.97 Å². The van der Waals surface area contributed by atoms with Gasteiger partial charge >= 0.3 is 5.97 Å². The van der Waals surface area contributed by atoms with Crippen LogP contribution in [0, 0.1) is 12.7 Å². The van der Waals surface area contributed by atoms with Crippen LogP contribution in [0.2, 0.25) is 0 Å². The molecule has 0 aromatic heterocycles.